The summed E-state index contributed by atoms with van der Waals surface area (Å²) in [4.78, 5) is 2.15. The van der Waals surface area contributed by atoms with Crippen LogP contribution in [0.25, 0.3) is 0 Å². The Morgan fingerprint density at radius 2 is 1.94 bits per heavy atom. The van der Waals surface area contributed by atoms with Crippen LogP contribution < -0.4 is 5.32 Å². The number of hydrogen-bond acceptors (Lipinski definition) is 3. The Hall–Kier alpha value is -0.120. The highest BCUT2D eigenvalue weighted by Crippen LogP contribution is 2.27. The number of nitrogens with one attached hydrogen (secondary N) is 1. The number of rotatable bonds is 8. The Morgan fingerprint density at radius 3 is 2.56 bits per heavy atom. The molecule has 1 aliphatic carbocycles. The number of ether oxygens (including phenoxy) is 1. The molecule has 0 bridgehead atoms. The van der Waals surface area contributed by atoms with Gasteiger partial charge >= 0.3 is 0 Å². The van der Waals surface area contributed by atoms with E-state index in [-0.39, 0.29) is 0 Å². The van der Waals surface area contributed by atoms with Crippen molar-refractivity contribution in [1.82, 2.24) is 10.2 Å². The molecule has 1 atom stereocenters. The van der Waals surface area contributed by atoms with Crippen LogP contribution in [0, 0.1) is 5.92 Å². The summed E-state index contributed by atoms with van der Waals surface area (Å²) in [6, 6.07) is 0.667. The van der Waals surface area contributed by atoms with Gasteiger partial charge in [-0.25, -0.2) is 0 Å². The second-order valence-corrected chi connectivity index (χ2v) is 5.20. The van der Waals surface area contributed by atoms with Gasteiger partial charge in [0, 0.05) is 19.1 Å². The Labute approximate surface area is 101 Å². The third kappa shape index (κ3) is 5.83. The monoisotopic (exact) mass is 228 g/mol. The molecule has 0 aliphatic heterocycles. The molecule has 0 aromatic rings. The van der Waals surface area contributed by atoms with E-state index >= 15 is 0 Å². The molecule has 1 unspecified atom stereocenters. The summed E-state index contributed by atoms with van der Waals surface area (Å²) >= 11 is 0. The number of likely N-dealkylation sites (N-methyl/N-ethyl adjacent to an activating group) is 1. The van der Waals surface area contributed by atoms with Crippen LogP contribution in [0.4, 0.5) is 0 Å². The Bertz CT molecular complexity index is 167. The molecule has 0 aromatic heterocycles. The van der Waals surface area contributed by atoms with E-state index in [9.17, 15) is 0 Å². The first-order chi connectivity index (χ1) is 7.70. The lowest BCUT2D eigenvalue weighted by Gasteiger charge is -2.20. The van der Waals surface area contributed by atoms with E-state index < -0.39 is 0 Å². The van der Waals surface area contributed by atoms with Gasteiger partial charge in [0.05, 0.1) is 13.2 Å². The van der Waals surface area contributed by atoms with Gasteiger partial charge in [0.1, 0.15) is 0 Å². The molecule has 96 valence electrons. The van der Waals surface area contributed by atoms with Crippen molar-refractivity contribution in [2.24, 2.45) is 5.92 Å². The van der Waals surface area contributed by atoms with Gasteiger partial charge in [-0.1, -0.05) is 12.8 Å². The molecule has 3 heteroatoms. The fourth-order valence-corrected chi connectivity index (χ4v) is 2.33. The van der Waals surface area contributed by atoms with E-state index in [1.165, 1.54) is 25.7 Å². The smallest absolute Gasteiger partial charge is 0.0593 e. The molecular formula is C13H28N2O. The SMILES string of the molecule is CC(NCCOCCN(C)C)C1CCCC1. The van der Waals surface area contributed by atoms with Crippen LogP contribution in [0.15, 0.2) is 0 Å². The van der Waals surface area contributed by atoms with E-state index in [4.69, 9.17) is 4.74 Å². The Kier molecular flexibility index (Phi) is 7.01. The van der Waals surface area contributed by atoms with Gasteiger partial charge < -0.3 is 15.0 Å². The average molecular weight is 228 g/mol. The Balaban J connectivity index is 1.90. The third-order valence-corrected chi connectivity index (χ3v) is 3.50. The number of hydrogen-bond donors (Lipinski definition) is 1. The van der Waals surface area contributed by atoms with Crippen molar-refractivity contribution < 1.29 is 4.74 Å². The van der Waals surface area contributed by atoms with Gasteiger partial charge in [-0.15, -0.1) is 0 Å². The third-order valence-electron chi connectivity index (χ3n) is 3.50. The van der Waals surface area contributed by atoms with Crippen molar-refractivity contribution in [3.8, 4) is 0 Å². The zero-order valence-corrected chi connectivity index (χ0v) is 11.2. The zero-order valence-electron chi connectivity index (χ0n) is 11.2. The van der Waals surface area contributed by atoms with Crippen LogP contribution in [-0.2, 0) is 4.74 Å². The van der Waals surface area contributed by atoms with Crippen LogP contribution >= 0.6 is 0 Å². The lowest BCUT2D eigenvalue weighted by Crippen LogP contribution is -2.35. The fourth-order valence-electron chi connectivity index (χ4n) is 2.33. The molecule has 16 heavy (non-hydrogen) atoms. The second-order valence-electron chi connectivity index (χ2n) is 5.20. The molecule has 0 aromatic carbocycles. The maximum atomic E-state index is 5.55. The first-order valence-corrected chi connectivity index (χ1v) is 6.66. The van der Waals surface area contributed by atoms with E-state index in [2.05, 4.69) is 31.2 Å². The van der Waals surface area contributed by atoms with Crippen LogP contribution in [-0.4, -0.2) is 51.3 Å². The normalized spacial score (nSPS) is 19.5. The summed E-state index contributed by atoms with van der Waals surface area (Å²) in [6.45, 7) is 6.00. The molecule has 1 N–H and O–H groups in total. The highest BCUT2D eigenvalue weighted by atomic mass is 16.5. The van der Waals surface area contributed by atoms with Crippen LogP contribution in [0.5, 0.6) is 0 Å². The predicted molar refractivity (Wildman–Crippen MR) is 68.8 cm³/mol. The largest absolute Gasteiger partial charge is 0.379 e. The standard InChI is InChI=1S/C13H28N2O/c1-12(13-6-4-5-7-13)14-8-10-16-11-9-15(2)3/h12-14H,4-11H2,1-3H3. The van der Waals surface area contributed by atoms with E-state index in [1.807, 2.05) is 0 Å². The molecule has 0 saturated heterocycles. The average Bonchev–Trinajstić information content (AvgIpc) is 2.75. The molecule has 0 amide bonds. The van der Waals surface area contributed by atoms with Gasteiger partial charge in [-0.05, 0) is 39.8 Å². The quantitative estimate of drug-likeness (QED) is 0.640. The minimum atomic E-state index is 0.667. The highest BCUT2D eigenvalue weighted by Gasteiger charge is 2.20. The molecule has 1 aliphatic rings. The maximum Gasteiger partial charge on any atom is 0.0593 e. The molecule has 0 radical (unpaired) electrons. The van der Waals surface area contributed by atoms with E-state index in [0.717, 1.165) is 32.2 Å². The minimum Gasteiger partial charge on any atom is -0.379 e. The molecule has 0 spiro atoms. The van der Waals surface area contributed by atoms with Crippen molar-refractivity contribution in [3.63, 3.8) is 0 Å². The highest BCUT2D eigenvalue weighted by molar-refractivity contribution is 4.76. The van der Waals surface area contributed by atoms with Crippen molar-refractivity contribution in [1.29, 1.82) is 0 Å². The lowest BCUT2D eigenvalue weighted by atomic mass is 10.00. The molecule has 3 nitrogen and oxygen atoms in total. The Morgan fingerprint density at radius 1 is 1.25 bits per heavy atom. The fraction of sp³-hybridized carbons (Fsp3) is 1.00. The predicted octanol–water partition coefficient (Wildman–Crippen LogP) is 1.73. The summed E-state index contributed by atoms with van der Waals surface area (Å²) in [5.74, 6) is 0.904. The summed E-state index contributed by atoms with van der Waals surface area (Å²) in [7, 11) is 4.15. The maximum absolute atomic E-state index is 5.55. The first kappa shape index (κ1) is 13.9. The van der Waals surface area contributed by atoms with Gasteiger partial charge in [0.25, 0.3) is 0 Å². The zero-order chi connectivity index (χ0) is 11.8. The molecule has 1 saturated carbocycles. The van der Waals surface area contributed by atoms with Gasteiger partial charge in [-0.3, -0.25) is 0 Å². The number of nitrogens with zero attached hydrogens (tertiary/aromatic N) is 1. The molecule has 0 heterocycles. The molecule has 1 rings (SSSR count). The summed E-state index contributed by atoms with van der Waals surface area (Å²) < 4.78 is 5.55. The van der Waals surface area contributed by atoms with Crippen molar-refractivity contribution >= 4 is 0 Å². The van der Waals surface area contributed by atoms with Crippen LogP contribution in [0.1, 0.15) is 32.6 Å². The van der Waals surface area contributed by atoms with Crippen LogP contribution in [0.3, 0.4) is 0 Å². The van der Waals surface area contributed by atoms with Gasteiger partial charge in [0.15, 0.2) is 0 Å². The van der Waals surface area contributed by atoms with Crippen molar-refractivity contribution in [2.75, 3.05) is 40.4 Å². The topological polar surface area (TPSA) is 24.5 Å². The first-order valence-electron chi connectivity index (χ1n) is 6.66. The second kappa shape index (κ2) is 8.04. The van der Waals surface area contributed by atoms with Gasteiger partial charge in [-0.2, -0.15) is 0 Å². The van der Waals surface area contributed by atoms with E-state index in [0.29, 0.717) is 6.04 Å². The lowest BCUT2D eigenvalue weighted by molar-refractivity contribution is 0.116. The summed E-state index contributed by atoms with van der Waals surface area (Å²) in [6.07, 6.45) is 5.68. The van der Waals surface area contributed by atoms with Gasteiger partial charge in [0.2, 0.25) is 0 Å². The van der Waals surface area contributed by atoms with E-state index in [1.54, 1.807) is 0 Å². The van der Waals surface area contributed by atoms with Crippen molar-refractivity contribution in [3.05, 3.63) is 0 Å². The summed E-state index contributed by atoms with van der Waals surface area (Å²) in [5.41, 5.74) is 0. The molecular weight excluding hydrogens is 200 g/mol. The van der Waals surface area contributed by atoms with Crippen molar-refractivity contribution in [2.45, 2.75) is 38.6 Å². The van der Waals surface area contributed by atoms with Crippen LogP contribution in [0.2, 0.25) is 0 Å². The minimum absolute atomic E-state index is 0.667. The summed E-state index contributed by atoms with van der Waals surface area (Å²) in [5, 5.41) is 3.57. The molecule has 1 fully saturated rings.